The molecule has 5 rings (SSSR count). The van der Waals surface area contributed by atoms with E-state index in [2.05, 4.69) is 17.4 Å². The average molecular weight is 406 g/mol. The van der Waals surface area contributed by atoms with Gasteiger partial charge in [0.15, 0.2) is 0 Å². The second kappa shape index (κ2) is 6.86. The molecule has 2 aromatic carbocycles. The van der Waals surface area contributed by atoms with Gasteiger partial charge in [0.05, 0.1) is 5.41 Å². The fourth-order valence-electron chi connectivity index (χ4n) is 4.91. The first-order chi connectivity index (χ1) is 14.5. The summed E-state index contributed by atoms with van der Waals surface area (Å²) in [6.45, 7) is 0.650. The molecule has 1 saturated heterocycles. The molecule has 2 amide bonds. The van der Waals surface area contributed by atoms with Gasteiger partial charge in [-0.15, -0.1) is 0 Å². The summed E-state index contributed by atoms with van der Waals surface area (Å²) in [5.41, 5.74) is 3.78. The molecule has 7 heteroatoms. The number of fused-ring (bicyclic) bond motifs is 4. The lowest BCUT2D eigenvalue weighted by atomic mass is 9.98. The van der Waals surface area contributed by atoms with Crippen LogP contribution in [0.2, 0.25) is 0 Å². The van der Waals surface area contributed by atoms with Crippen LogP contribution in [0.3, 0.4) is 0 Å². The zero-order chi connectivity index (χ0) is 20.9. The highest BCUT2D eigenvalue weighted by atomic mass is 16.5. The van der Waals surface area contributed by atoms with Gasteiger partial charge in [-0.1, -0.05) is 48.5 Å². The Morgan fingerprint density at radius 1 is 1.07 bits per heavy atom. The Bertz CT molecular complexity index is 1010. The van der Waals surface area contributed by atoms with Crippen LogP contribution in [0.25, 0.3) is 11.1 Å². The Hall–Kier alpha value is -3.35. The summed E-state index contributed by atoms with van der Waals surface area (Å²) >= 11 is 0. The minimum atomic E-state index is -0.840. The van der Waals surface area contributed by atoms with E-state index in [0.29, 0.717) is 13.0 Å². The predicted octanol–water partition coefficient (Wildman–Crippen LogP) is 2.46. The molecule has 30 heavy (non-hydrogen) atoms. The Balaban J connectivity index is 1.16. The molecule has 3 aliphatic rings. The van der Waals surface area contributed by atoms with Crippen molar-refractivity contribution in [2.24, 2.45) is 11.3 Å². The van der Waals surface area contributed by atoms with Gasteiger partial charge in [0.25, 0.3) is 0 Å². The lowest BCUT2D eigenvalue weighted by Crippen LogP contribution is -2.41. The first-order valence-electron chi connectivity index (χ1n) is 10.1. The maximum Gasteiger partial charge on any atom is 0.407 e. The topological polar surface area (TPSA) is 95.9 Å². The maximum atomic E-state index is 12.3. The summed E-state index contributed by atoms with van der Waals surface area (Å²) in [5, 5.41) is 11.8. The number of likely N-dealkylation sites (tertiary alicyclic amines) is 1. The van der Waals surface area contributed by atoms with E-state index in [1.54, 1.807) is 0 Å². The molecule has 2 aliphatic carbocycles. The molecule has 7 nitrogen and oxygen atoms in total. The van der Waals surface area contributed by atoms with Crippen LogP contribution in [0.1, 0.15) is 23.5 Å². The van der Waals surface area contributed by atoms with Crippen molar-refractivity contribution in [3.8, 4) is 11.1 Å². The maximum absolute atomic E-state index is 12.3. The number of ether oxygens (including phenoxy) is 1. The number of rotatable bonds is 5. The van der Waals surface area contributed by atoms with Crippen LogP contribution < -0.4 is 5.32 Å². The third-order valence-electron chi connectivity index (χ3n) is 6.65. The summed E-state index contributed by atoms with van der Waals surface area (Å²) in [6, 6.07) is 16.2. The van der Waals surface area contributed by atoms with Crippen molar-refractivity contribution in [2.45, 2.75) is 12.3 Å². The molecule has 154 valence electrons. The van der Waals surface area contributed by atoms with E-state index in [-0.39, 0.29) is 37.4 Å². The van der Waals surface area contributed by atoms with Crippen molar-refractivity contribution in [1.82, 2.24) is 10.2 Å². The summed E-state index contributed by atoms with van der Waals surface area (Å²) in [5.74, 6) is -1.13. The quantitative estimate of drug-likeness (QED) is 0.795. The minimum Gasteiger partial charge on any atom is -0.481 e. The second-order valence-corrected chi connectivity index (χ2v) is 8.32. The number of nitrogens with one attached hydrogen (secondary N) is 1. The standard InChI is InChI=1S/C23H22N2O5/c26-20(25-11-14-9-23(14,13-25)21(27)28)10-24-22(29)30-12-19-17-7-3-1-5-15(17)16-6-2-4-8-18(16)19/h1-8,14,19H,9-13H2,(H,24,29)(H,27,28). The van der Waals surface area contributed by atoms with E-state index in [4.69, 9.17) is 4.74 Å². The van der Waals surface area contributed by atoms with Crippen LogP contribution in [0.4, 0.5) is 4.79 Å². The first-order valence-corrected chi connectivity index (χ1v) is 10.1. The van der Waals surface area contributed by atoms with E-state index >= 15 is 0 Å². The third-order valence-corrected chi connectivity index (χ3v) is 6.65. The molecule has 0 radical (unpaired) electrons. The lowest BCUT2D eigenvalue weighted by Gasteiger charge is -2.20. The highest BCUT2D eigenvalue weighted by Gasteiger charge is 2.66. The number of hydrogen-bond acceptors (Lipinski definition) is 4. The van der Waals surface area contributed by atoms with E-state index in [0.717, 1.165) is 22.3 Å². The third kappa shape index (κ3) is 2.93. The number of alkyl carbamates (subject to hydrolysis) is 1. The van der Waals surface area contributed by atoms with Gasteiger partial charge in [-0.25, -0.2) is 4.79 Å². The smallest absolute Gasteiger partial charge is 0.407 e. The van der Waals surface area contributed by atoms with Crippen molar-refractivity contribution in [2.75, 3.05) is 26.2 Å². The van der Waals surface area contributed by atoms with Crippen LogP contribution in [0.5, 0.6) is 0 Å². The molecule has 1 aliphatic heterocycles. The van der Waals surface area contributed by atoms with Gasteiger partial charge >= 0.3 is 12.1 Å². The number of hydrogen-bond donors (Lipinski definition) is 2. The number of benzene rings is 2. The average Bonchev–Trinajstić information content (AvgIpc) is 3.19. The molecule has 2 N–H and O–H groups in total. The highest BCUT2D eigenvalue weighted by Crippen LogP contribution is 2.57. The number of carboxylic acid groups (broad SMARTS) is 1. The summed E-state index contributed by atoms with van der Waals surface area (Å²) < 4.78 is 5.43. The molecular formula is C23H22N2O5. The Labute approximate surface area is 173 Å². The molecule has 0 bridgehead atoms. The second-order valence-electron chi connectivity index (χ2n) is 8.32. The molecule has 2 aromatic rings. The van der Waals surface area contributed by atoms with Gasteiger partial charge in [-0.05, 0) is 34.6 Å². The van der Waals surface area contributed by atoms with Crippen LogP contribution in [0, 0.1) is 11.3 Å². The Morgan fingerprint density at radius 3 is 2.30 bits per heavy atom. The molecule has 2 fully saturated rings. The van der Waals surface area contributed by atoms with Gasteiger partial charge < -0.3 is 20.1 Å². The van der Waals surface area contributed by atoms with E-state index in [1.165, 1.54) is 4.90 Å². The SMILES string of the molecule is O=C(NCC(=O)N1CC2CC2(C(=O)O)C1)OCC1c2ccccc2-c2ccccc21. The zero-order valence-corrected chi connectivity index (χ0v) is 16.3. The number of carbonyl (C=O) groups excluding carboxylic acids is 2. The largest absolute Gasteiger partial charge is 0.481 e. The molecule has 0 spiro atoms. The van der Waals surface area contributed by atoms with E-state index in [9.17, 15) is 19.5 Å². The molecular weight excluding hydrogens is 384 g/mol. The van der Waals surface area contributed by atoms with Crippen molar-refractivity contribution < 1.29 is 24.2 Å². The summed E-state index contributed by atoms with van der Waals surface area (Å²) in [7, 11) is 0. The van der Waals surface area contributed by atoms with Crippen molar-refractivity contribution in [3.63, 3.8) is 0 Å². The van der Waals surface area contributed by atoms with Crippen LogP contribution in [-0.2, 0) is 14.3 Å². The predicted molar refractivity (Wildman–Crippen MR) is 108 cm³/mol. The van der Waals surface area contributed by atoms with Crippen molar-refractivity contribution >= 4 is 18.0 Å². The normalized spacial score (nSPS) is 23.3. The Morgan fingerprint density at radius 2 is 1.70 bits per heavy atom. The Kier molecular flexibility index (Phi) is 4.27. The lowest BCUT2D eigenvalue weighted by molar-refractivity contribution is -0.144. The van der Waals surface area contributed by atoms with Gasteiger partial charge in [0.2, 0.25) is 5.91 Å². The van der Waals surface area contributed by atoms with E-state index < -0.39 is 17.5 Å². The first kappa shape index (κ1) is 18.7. The molecule has 1 heterocycles. The van der Waals surface area contributed by atoms with Gasteiger partial charge in [-0.3, -0.25) is 9.59 Å². The number of aliphatic carboxylic acids is 1. The van der Waals surface area contributed by atoms with Gasteiger partial charge in [-0.2, -0.15) is 0 Å². The van der Waals surface area contributed by atoms with Crippen LogP contribution in [0.15, 0.2) is 48.5 Å². The molecule has 2 atom stereocenters. The number of carbonyl (C=O) groups is 3. The molecule has 0 aromatic heterocycles. The molecule has 2 unspecified atom stereocenters. The molecule has 1 saturated carbocycles. The highest BCUT2D eigenvalue weighted by molar-refractivity contribution is 5.86. The van der Waals surface area contributed by atoms with Crippen molar-refractivity contribution in [1.29, 1.82) is 0 Å². The van der Waals surface area contributed by atoms with Gasteiger partial charge in [0, 0.05) is 19.0 Å². The minimum absolute atomic E-state index is 0.0356. The monoisotopic (exact) mass is 406 g/mol. The van der Waals surface area contributed by atoms with E-state index in [1.807, 2.05) is 36.4 Å². The number of amides is 2. The van der Waals surface area contributed by atoms with Crippen LogP contribution in [-0.4, -0.2) is 54.2 Å². The number of nitrogens with zero attached hydrogens (tertiary/aromatic N) is 1. The van der Waals surface area contributed by atoms with Crippen LogP contribution >= 0.6 is 0 Å². The fraction of sp³-hybridized carbons (Fsp3) is 0.348. The number of carboxylic acids is 1. The number of piperidine rings is 1. The fourth-order valence-corrected chi connectivity index (χ4v) is 4.91. The van der Waals surface area contributed by atoms with Gasteiger partial charge in [0.1, 0.15) is 13.2 Å². The summed E-state index contributed by atoms with van der Waals surface area (Å²) in [4.78, 5) is 37.4. The zero-order valence-electron chi connectivity index (χ0n) is 16.3. The van der Waals surface area contributed by atoms with Crippen molar-refractivity contribution in [3.05, 3.63) is 59.7 Å². The summed E-state index contributed by atoms with van der Waals surface area (Å²) in [6.07, 6.45) is -0.0196.